The van der Waals surface area contributed by atoms with E-state index < -0.39 is 21.8 Å². The van der Waals surface area contributed by atoms with Gasteiger partial charge in [0.25, 0.3) is 0 Å². The number of methoxy groups -OCH3 is 1. The molecule has 0 bridgehead atoms. The van der Waals surface area contributed by atoms with E-state index >= 15 is 0 Å². The molecule has 146 valence electrons. The second-order valence-electron chi connectivity index (χ2n) is 7.04. The number of carbonyl (C=O) groups is 2. The number of nitrogens with zero attached hydrogens (tertiary/aromatic N) is 2. The Labute approximate surface area is 158 Å². The topological polar surface area (TPSA) is 93.2 Å². The van der Waals surface area contributed by atoms with Crippen molar-refractivity contribution in [2.75, 3.05) is 26.8 Å². The first kappa shape index (κ1) is 18.4. The second kappa shape index (κ2) is 6.57. The molecule has 1 spiro atoms. The standard InChI is InChI=1S/C18H22N2O6S/c1-25-17(22)7-4-13-2-5-14(6-3-13)27(23,24)20-9-8-18-15(20)12-16(21)19(18)10-11-26-18/h2-3,5-6,15H,4,7-12H2,1H3/t15-,18+/m1/s1. The quantitative estimate of drug-likeness (QED) is 0.676. The summed E-state index contributed by atoms with van der Waals surface area (Å²) in [5, 5.41) is 0. The van der Waals surface area contributed by atoms with E-state index in [1.165, 1.54) is 11.4 Å². The lowest BCUT2D eigenvalue weighted by Crippen LogP contribution is -2.48. The summed E-state index contributed by atoms with van der Waals surface area (Å²) in [5.74, 6) is -0.350. The first-order valence-corrected chi connectivity index (χ1v) is 10.4. The van der Waals surface area contributed by atoms with Crippen molar-refractivity contribution in [2.24, 2.45) is 0 Å². The van der Waals surface area contributed by atoms with Crippen molar-refractivity contribution < 1.29 is 27.5 Å². The van der Waals surface area contributed by atoms with Crippen LogP contribution in [0.5, 0.6) is 0 Å². The van der Waals surface area contributed by atoms with Crippen LogP contribution >= 0.6 is 0 Å². The molecular formula is C18H22N2O6S. The van der Waals surface area contributed by atoms with Gasteiger partial charge in [-0.2, -0.15) is 4.31 Å². The molecule has 3 aliphatic heterocycles. The highest BCUT2D eigenvalue weighted by Crippen LogP contribution is 2.47. The van der Waals surface area contributed by atoms with Gasteiger partial charge in [-0.05, 0) is 24.1 Å². The number of ether oxygens (including phenoxy) is 2. The van der Waals surface area contributed by atoms with Crippen LogP contribution in [0.1, 0.15) is 24.8 Å². The van der Waals surface area contributed by atoms with Gasteiger partial charge < -0.3 is 14.4 Å². The van der Waals surface area contributed by atoms with E-state index in [4.69, 9.17) is 4.74 Å². The summed E-state index contributed by atoms with van der Waals surface area (Å²) in [6, 6.07) is 6.05. The molecular weight excluding hydrogens is 372 g/mol. The van der Waals surface area contributed by atoms with E-state index in [1.54, 1.807) is 29.2 Å². The van der Waals surface area contributed by atoms with Crippen LogP contribution in [0.25, 0.3) is 0 Å². The lowest BCUT2D eigenvalue weighted by atomic mass is 10.1. The molecule has 2 atom stereocenters. The van der Waals surface area contributed by atoms with Crippen LogP contribution in [0, 0.1) is 0 Å². The van der Waals surface area contributed by atoms with Crippen molar-refractivity contribution in [2.45, 2.75) is 42.3 Å². The first-order valence-electron chi connectivity index (χ1n) is 9.00. The van der Waals surface area contributed by atoms with E-state index in [0.29, 0.717) is 32.5 Å². The van der Waals surface area contributed by atoms with Crippen molar-refractivity contribution in [3.05, 3.63) is 29.8 Å². The summed E-state index contributed by atoms with van der Waals surface area (Å²) in [5.41, 5.74) is 0.0727. The van der Waals surface area contributed by atoms with Crippen LogP contribution in [0.4, 0.5) is 0 Å². The Balaban J connectivity index is 1.54. The molecule has 0 radical (unpaired) electrons. The van der Waals surface area contributed by atoms with Crippen LogP contribution in [0.2, 0.25) is 0 Å². The minimum atomic E-state index is -3.73. The normalized spacial score (nSPS) is 27.7. The van der Waals surface area contributed by atoms with Gasteiger partial charge >= 0.3 is 5.97 Å². The lowest BCUT2D eigenvalue weighted by molar-refractivity contribution is -0.140. The van der Waals surface area contributed by atoms with E-state index in [-0.39, 0.29) is 29.6 Å². The predicted molar refractivity (Wildman–Crippen MR) is 94.1 cm³/mol. The number of benzene rings is 1. The molecule has 1 aromatic carbocycles. The molecule has 0 N–H and O–H groups in total. The maximum atomic E-state index is 13.2. The molecule has 3 fully saturated rings. The molecule has 27 heavy (non-hydrogen) atoms. The van der Waals surface area contributed by atoms with Gasteiger partial charge in [-0.1, -0.05) is 12.1 Å². The van der Waals surface area contributed by atoms with Crippen molar-refractivity contribution in [1.29, 1.82) is 0 Å². The third-order valence-corrected chi connectivity index (χ3v) is 7.65. The van der Waals surface area contributed by atoms with Crippen LogP contribution in [-0.4, -0.2) is 68.1 Å². The van der Waals surface area contributed by atoms with Gasteiger partial charge in [0.2, 0.25) is 15.9 Å². The molecule has 3 heterocycles. The SMILES string of the molecule is COC(=O)CCc1ccc(S(=O)(=O)N2CC[C@@]34OCCN3C(=O)C[C@@H]24)cc1. The highest BCUT2D eigenvalue weighted by molar-refractivity contribution is 7.89. The Morgan fingerprint density at radius 3 is 2.74 bits per heavy atom. The summed E-state index contributed by atoms with van der Waals surface area (Å²) in [6.07, 6.45) is 1.39. The van der Waals surface area contributed by atoms with Crippen LogP contribution in [0.3, 0.4) is 0 Å². The van der Waals surface area contributed by atoms with E-state index in [1.807, 2.05) is 0 Å². The molecule has 8 nitrogen and oxygen atoms in total. The van der Waals surface area contributed by atoms with E-state index in [0.717, 1.165) is 5.56 Å². The van der Waals surface area contributed by atoms with Gasteiger partial charge in [0.05, 0.1) is 24.7 Å². The molecule has 1 aromatic rings. The smallest absolute Gasteiger partial charge is 0.305 e. The number of hydrogen-bond donors (Lipinski definition) is 0. The minimum Gasteiger partial charge on any atom is -0.469 e. The van der Waals surface area contributed by atoms with Crippen LogP contribution in [0.15, 0.2) is 29.2 Å². The summed E-state index contributed by atoms with van der Waals surface area (Å²) in [7, 11) is -2.39. The van der Waals surface area contributed by atoms with Gasteiger partial charge in [0.1, 0.15) is 0 Å². The lowest BCUT2D eigenvalue weighted by Gasteiger charge is -2.31. The summed E-state index contributed by atoms with van der Waals surface area (Å²) in [6.45, 7) is 1.31. The maximum Gasteiger partial charge on any atom is 0.305 e. The molecule has 9 heteroatoms. The zero-order valence-corrected chi connectivity index (χ0v) is 15.9. The molecule has 0 aliphatic carbocycles. The Morgan fingerprint density at radius 2 is 2.04 bits per heavy atom. The van der Waals surface area contributed by atoms with Crippen molar-refractivity contribution in [3.8, 4) is 0 Å². The van der Waals surface area contributed by atoms with Crippen LogP contribution < -0.4 is 0 Å². The minimum absolute atomic E-state index is 0.0458. The van der Waals surface area contributed by atoms with Gasteiger partial charge in [-0.15, -0.1) is 0 Å². The number of sulfonamides is 1. The first-order chi connectivity index (χ1) is 12.9. The monoisotopic (exact) mass is 394 g/mol. The largest absolute Gasteiger partial charge is 0.469 e. The fourth-order valence-electron chi connectivity index (χ4n) is 4.35. The van der Waals surface area contributed by atoms with E-state index in [9.17, 15) is 18.0 Å². The Hall–Kier alpha value is -1.97. The van der Waals surface area contributed by atoms with Crippen molar-refractivity contribution in [1.82, 2.24) is 9.21 Å². The number of rotatable bonds is 5. The zero-order valence-electron chi connectivity index (χ0n) is 15.1. The van der Waals surface area contributed by atoms with Crippen LogP contribution in [-0.2, 0) is 35.5 Å². The molecule has 0 saturated carbocycles. The highest BCUT2D eigenvalue weighted by atomic mass is 32.2. The number of aryl methyl sites for hydroxylation is 1. The molecule has 3 saturated heterocycles. The third-order valence-electron chi connectivity index (χ3n) is 5.73. The fourth-order valence-corrected chi connectivity index (χ4v) is 6.01. The summed E-state index contributed by atoms with van der Waals surface area (Å²) in [4.78, 5) is 25.4. The zero-order chi connectivity index (χ0) is 19.2. The summed E-state index contributed by atoms with van der Waals surface area (Å²) >= 11 is 0. The highest BCUT2D eigenvalue weighted by Gasteiger charge is 2.64. The van der Waals surface area contributed by atoms with E-state index in [2.05, 4.69) is 4.74 Å². The Bertz CT molecular complexity index is 868. The Kier molecular flexibility index (Phi) is 4.48. The summed E-state index contributed by atoms with van der Waals surface area (Å²) < 4.78 is 38.2. The average Bonchev–Trinajstić information content (AvgIpc) is 3.31. The van der Waals surface area contributed by atoms with Gasteiger partial charge in [0, 0.05) is 32.4 Å². The molecule has 4 rings (SSSR count). The molecule has 0 unspecified atom stereocenters. The number of hydrogen-bond acceptors (Lipinski definition) is 6. The average molecular weight is 394 g/mol. The molecule has 1 amide bonds. The fraction of sp³-hybridized carbons (Fsp3) is 0.556. The van der Waals surface area contributed by atoms with Gasteiger partial charge in [0.15, 0.2) is 5.72 Å². The molecule has 3 aliphatic rings. The number of amides is 1. The van der Waals surface area contributed by atoms with Crippen molar-refractivity contribution >= 4 is 21.9 Å². The van der Waals surface area contributed by atoms with Crippen molar-refractivity contribution in [3.63, 3.8) is 0 Å². The molecule has 0 aromatic heterocycles. The Morgan fingerprint density at radius 1 is 1.30 bits per heavy atom. The predicted octanol–water partition coefficient (Wildman–Crippen LogP) is 0.514. The maximum absolute atomic E-state index is 13.2. The number of esters is 1. The van der Waals surface area contributed by atoms with Gasteiger partial charge in [-0.3, -0.25) is 9.59 Å². The van der Waals surface area contributed by atoms with Gasteiger partial charge in [-0.25, -0.2) is 8.42 Å². The number of carbonyl (C=O) groups excluding carboxylic acids is 2. The third kappa shape index (κ3) is 2.84. The second-order valence-corrected chi connectivity index (χ2v) is 8.93.